The number of ether oxygens (including phenoxy) is 1. The summed E-state index contributed by atoms with van der Waals surface area (Å²) in [5, 5.41) is 8.29. The van der Waals surface area contributed by atoms with E-state index in [-0.39, 0.29) is 0 Å². The van der Waals surface area contributed by atoms with Crippen LogP contribution in [0, 0.1) is 0 Å². The molecule has 0 radical (unpaired) electrons. The highest BCUT2D eigenvalue weighted by Crippen LogP contribution is 1.73. The zero-order chi connectivity index (χ0) is 5.70. The summed E-state index contributed by atoms with van der Waals surface area (Å²) >= 11 is 0. The Morgan fingerprint density at radius 3 is 2.57 bits per heavy atom. The summed E-state index contributed by atoms with van der Waals surface area (Å²) in [4.78, 5) is 0. The Balaban J connectivity index is 3.08. The van der Waals surface area contributed by atoms with Crippen LogP contribution in [-0.4, -0.2) is 18.4 Å². The summed E-state index contributed by atoms with van der Waals surface area (Å²) in [5.74, 6) is 0. The lowest BCUT2D eigenvalue weighted by atomic mass is 10.6. The van der Waals surface area contributed by atoms with Gasteiger partial charge >= 0.3 is 0 Å². The van der Waals surface area contributed by atoms with E-state index >= 15 is 0 Å². The number of methoxy groups -OCH3 is 1. The molecule has 0 amide bonds. The van der Waals surface area contributed by atoms with Crippen molar-refractivity contribution in [1.29, 1.82) is 0 Å². The minimum Gasteiger partial charge on any atom is -0.505 e. The summed E-state index contributed by atoms with van der Waals surface area (Å²) in [6.07, 6.45) is 1.75. The summed E-state index contributed by atoms with van der Waals surface area (Å²) < 4.78 is 4.43. The van der Waals surface area contributed by atoms with E-state index in [1.54, 1.807) is 0 Å². The van der Waals surface area contributed by atoms with Crippen LogP contribution in [0.5, 0.6) is 0 Å². The van der Waals surface area contributed by atoms with Gasteiger partial charge in [-0.1, -0.05) is 0 Å². The van der Waals surface area contributed by atoms with Crippen LogP contribution in [0.1, 0.15) is 0 Å². The van der Waals surface area contributed by atoms with Gasteiger partial charge in [0.05, 0.1) is 13.4 Å². The van der Waals surface area contributed by atoms with E-state index in [9.17, 15) is 0 Å². The average molecular weight is 103 g/mol. The maximum absolute atomic E-state index is 8.29. The third-order valence-corrected chi connectivity index (χ3v) is 0.412. The first-order valence-electron chi connectivity index (χ1n) is 1.90. The van der Waals surface area contributed by atoms with Crippen molar-refractivity contribution in [1.82, 2.24) is 0 Å². The fourth-order valence-electron chi connectivity index (χ4n) is 0.159. The highest BCUT2D eigenvalue weighted by atomic mass is 16.5. The molecular weight excluding hydrogens is 94.0 g/mol. The fraction of sp³-hybridized carbons (Fsp3) is 0.500. The second-order valence-electron chi connectivity index (χ2n) is 1.05. The zero-order valence-corrected chi connectivity index (χ0v) is 4.16. The molecule has 7 heavy (non-hydrogen) atoms. The highest BCUT2D eigenvalue weighted by Gasteiger charge is 1.80. The molecule has 3 N–H and O–H groups in total. The lowest BCUT2D eigenvalue weighted by molar-refractivity contribution is 0.224. The lowest BCUT2D eigenvalue weighted by Gasteiger charge is -1.91. The predicted octanol–water partition coefficient (Wildman–Crippen LogP) is -0.576. The predicted molar refractivity (Wildman–Crippen MR) is 26.3 cm³/mol. The maximum Gasteiger partial charge on any atom is 0.124 e. The Hall–Kier alpha value is -0.540. The summed E-state index contributed by atoms with van der Waals surface area (Å²) in [6, 6.07) is 0. The normalized spacial score (nSPS) is 14.7. The van der Waals surface area contributed by atoms with Crippen LogP contribution in [0.2, 0.25) is 0 Å². The first kappa shape index (κ1) is 6.46. The number of hydrogen-bond donors (Lipinski definition) is 2. The second kappa shape index (κ2) is 3.64. The molecule has 0 aromatic heterocycles. The molecule has 3 nitrogen and oxygen atoms in total. The topological polar surface area (TPSA) is 55.5 Å². The molecule has 0 fully saturated rings. The fourth-order valence-corrected chi connectivity index (χ4v) is 0.159. The first-order valence-corrected chi connectivity index (χ1v) is 1.90. The third-order valence-electron chi connectivity index (χ3n) is 0.412. The van der Waals surface area contributed by atoms with E-state index in [2.05, 4.69) is 4.74 Å². The molecule has 3 heteroatoms. The van der Waals surface area contributed by atoms with Crippen molar-refractivity contribution in [3.63, 3.8) is 0 Å². The third kappa shape index (κ3) is 5.46. The Labute approximate surface area is 42.4 Å². The Morgan fingerprint density at radius 2 is 2.43 bits per heavy atom. The Kier molecular flexibility index (Phi) is 3.36. The molecule has 42 valence electrons. The molecule has 0 unspecified atom stereocenters. The van der Waals surface area contributed by atoms with Gasteiger partial charge in [0, 0.05) is 0 Å². The zero-order valence-electron chi connectivity index (χ0n) is 4.16. The molecule has 0 aliphatic heterocycles. The second-order valence-corrected chi connectivity index (χ2v) is 1.05. The van der Waals surface area contributed by atoms with Crippen molar-refractivity contribution in [2.75, 3.05) is 7.11 Å². The molecule has 0 aromatic rings. The van der Waals surface area contributed by atoms with E-state index < -0.39 is 6.23 Å². The summed E-state index contributed by atoms with van der Waals surface area (Å²) in [6.45, 7) is 0. The van der Waals surface area contributed by atoms with Crippen LogP contribution in [0.25, 0.3) is 0 Å². The van der Waals surface area contributed by atoms with Crippen LogP contribution in [-0.2, 0) is 4.74 Å². The van der Waals surface area contributed by atoms with Crippen LogP contribution < -0.4 is 5.73 Å². The minimum atomic E-state index is -0.903. The highest BCUT2D eigenvalue weighted by molar-refractivity contribution is 4.77. The standard InChI is InChI=1S/C4H9NO2/c1-7-3-2-4(5)6/h2-4,6H,5H2,1H3/b3-2+/t4-/m0/s1. The first-order chi connectivity index (χ1) is 3.27. The monoisotopic (exact) mass is 103 g/mol. The summed E-state index contributed by atoms with van der Waals surface area (Å²) in [7, 11) is 1.48. The van der Waals surface area contributed by atoms with Gasteiger partial charge in [-0.2, -0.15) is 0 Å². The largest absolute Gasteiger partial charge is 0.505 e. The molecule has 0 saturated carbocycles. The van der Waals surface area contributed by atoms with E-state index in [0.29, 0.717) is 0 Å². The van der Waals surface area contributed by atoms with Crippen molar-refractivity contribution in [3.8, 4) is 0 Å². The molecule has 0 aliphatic rings. The molecule has 0 saturated heterocycles. The number of nitrogens with two attached hydrogens (primary N) is 1. The van der Waals surface area contributed by atoms with E-state index in [1.807, 2.05) is 0 Å². The van der Waals surface area contributed by atoms with Crippen molar-refractivity contribution >= 4 is 0 Å². The smallest absolute Gasteiger partial charge is 0.124 e. The molecule has 1 atom stereocenters. The van der Waals surface area contributed by atoms with Crippen molar-refractivity contribution in [2.45, 2.75) is 6.23 Å². The van der Waals surface area contributed by atoms with Gasteiger partial charge in [0.1, 0.15) is 6.23 Å². The SMILES string of the molecule is CO/C=C/[C@@H](N)O. The minimum absolute atomic E-state index is 0.903. The molecule has 0 spiro atoms. The molecule has 0 aliphatic carbocycles. The van der Waals surface area contributed by atoms with Gasteiger partial charge in [0.15, 0.2) is 0 Å². The van der Waals surface area contributed by atoms with Crippen molar-refractivity contribution < 1.29 is 9.84 Å². The number of aliphatic hydroxyl groups is 1. The van der Waals surface area contributed by atoms with Gasteiger partial charge in [-0.05, 0) is 6.08 Å². The number of hydrogen-bond acceptors (Lipinski definition) is 3. The number of rotatable bonds is 2. The average Bonchev–Trinajstić information content (AvgIpc) is 1.61. The molecule has 0 rings (SSSR count). The van der Waals surface area contributed by atoms with Crippen LogP contribution in [0.4, 0.5) is 0 Å². The van der Waals surface area contributed by atoms with E-state index in [4.69, 9.17) is 10.8 Å². The van der Waals surface area contributed by atoms with E-state index in [0.717, 1.165) is 0 Å². The van der Waals surface area contributed by atoms with E-state index in [1.165, 1.54) is 19.4 Å². The lowest BCUT2D eigenvalue weighted by Crippen LogP contribution is -2.14. The maximum atomic E-state index is 8.29. The van der Waals surface area contributed by atoms with Crippen LogP contribution >= 0.6 is 0 Å². The molecule has 0 heterocycles. The van der Waals surface area contributed by atoms with Gasteiger partial charge < -0.3 is 15.6 Å². The van der Waals surface area contributed by atoms with Gasteiger partial charge in [0.25, 0.3) is 0 Å². The molecule has 0 bridgehead atoms. The summed E-state index contributed by atoms with van der Waals surface area (Å²) in [5.41, 5.74) is 4.87. The quantitative estimate of drug-likeness (QED) is 0.363. The van der Waals surface area contributed by atoms with Gasteiger partial charge in [-0.25, -0.2) is 0 Å². The number of aliphatic hydroxyl groups excluding tert-OH is 1. The van der Waals surface area contributed by atoms with Crippen molar-refractivity contribution in [3.05, 3.63) is 12.3 Å². The van der Waals surface area contributed by atoms with Gasteiger partial charge in [-0.3, -0.25) is 0 Å². The van der Waals surface area contributed by atoms with Gasteiger partial charge in [-0.15, -0.1) is 0 Å². The van der Waals surface area contributed by atoms with Crippen LogP contribution in [0.15, 0.2) is 12.3 Å². The van der Waals surface area contributed by atoms with Gasteiger partial charge in [0.2, 0.25) is 0 Å². The molecule has 0 aromatic carbocycles. The van der Waals surface area contributed by atoms with Crippen LogP contribution in [0.3, 0.4) is 0 Å². The van der Waals surface area contributed by atoms with Crippen molar-refractivity contribution in [2.24, 2.45) is 5.73 Å². The molecular formula is C4H9NO2. The Morgan fingerprint density at radius 1 is 1.86 bits per heavy atom. The Bertz CT molecular complexity index is 60.7.